The highest BCUT2D eigenvalue weighted by Gasteiger charge is 2.07. The fraction of sp³-hybridized carbons (Fsp3) is 0.222. The molecule has 0 spiro atoms. The Hall–Kier alpha value is -2.42. The van der Waals surface area contributed by atoms with Gasteiger partial charge in [0.25, 0.3) is 5.84 Å². The van der Waals surface area contributed by atoms with E-state index in [1.54, 1.807) is 0 Å². The van der Waals surface area contributed by atoms with Gasteiger partial charge in [0.15, 0.2) is 5.84 Å². The summed E-state index contributed by atoms with van der Waals surface area (Å²) in [4.78, 5) is 7.66. The predicted molar refractivity (Wildman–Crippen MR) is 90.9 cm³/mol. The molecule has 0 aliphatic heterocycles. The van der Waals surface area contributed by atoms with Gasteiger partial charge in [0, 0.05) is 6.92 Å². The molecule has 3 N–H and O–H groups in total. The molecule has 0 saturated heterocycles. The Bertz CT molecular complexity index is 568. The molecule has 0 amide bonds. The molecule has 2 aromatic rings. The van der Waals surface area contributed by atoms with Gasteiger partial charge in [-0.25, -0.2) is 4.99 Å². The van der Waals surface area contributed by atoms with Gasteiger partial charge in [-0.3, -0.25) is 0 Å². The number of nitrogens with two attached hydrogens (primary N) is 1. The minimum atomic E-state index is 0.619. The van der Waals surface area contributed by atoms with Crippen LogP contribution in [0.3, 0.4) is 0 Å². The molecule has 110 valence electrons. The zero-order valence-electron chi connectivity index (χ0n) is 13.0. The van der Waals surface area contributed by atoms with Crippen LogP contribution in [0.1, 0.15) is 32.8 Å². The van der Waals surface area contributed by atoms with E-state index in [4.69, 9.17) is 5.73 Å². The SMILES string of the molecule is CC(N)=[NH+]C(=Nc1ccccc1)c1ccccc1.CCC. The minimum absolute atomic E-state index is 0.619. The molecule has 0 unspecified atom stereocenters. The highest BCUT2D eigenvalue weighted by Crippen LogP contribution is 2.10. The normalized spacial score (nSPS) is 11.6. The highest BCUT2D eigenvalue weighted by molar-refractivity contribution is 5.95. The van der Waals surface area contributed by atoms with Crippen LogP contribution in [0.5, 0.6) is 0 Å². The number of rotatable bonds is 2. The molecule has 3 nitrogen and oxygen atoms in total. The van der Waals surface area contributed by atoms with Gasteiger partial charge in [0.1, 0.15) is 5.69 Å². The monoisotopic (exact) mass is 282 g/mol. The highest BCUT2D eigenvalue weighted by atomic mass is 15.0. The first-order valence-electron chi connectivity index (χ1n) is 7.22. The molecule has 0 atom stereocenters. The third kappa shape index (κ3) is 6.52. The fourth-order valence-electron chi connectivity index (χ4n) is 1.58. The molecule has 21 heavy (non-hydrogen) atoms. The third-order valence-corrected chi connectivity index (χ3v) is 2.36. The molecule has 3 heteroatoms. The van der Waals surface area contributed by atoms with Crippen molar-refractivity contribution in [3.8, 4) is 0 Å². The van der Waals surface area contributed by atoms with Crippen molar-refractivity contribution >= 4 is 17.4 Å². The van der Waals surface area contributed by atoms with Crippen molar-refractivity contribution in [1.82, 2.24) is 0 Å². The third-order valence-electron chi connectivity index (χ3n) is 2.36. The Morgan fingerprint density at radius 2 is 1.43 bits per heavy atom. The maximum absolute atomic E-state index is 5.71. The largest absolute Gasteiger partial charge is 0.323 e. The first-order chi connectivity index (χ1) is 10.2. The van der Waals surface area contributed by atoms with Crippen molar-refractivity contribution in [1.29, 1.82) is 0 Å². The molecule has 0 aliphatic carbocycles. The van der Waals surface area contributed by atoms with Crippen molar-refractivity contribution in [2.45, 2.75) is 27.2 Å². The second-order valence-corrected chi connectivity index (χ2v) is 4.68. The molecular weight excluding hydrogens is 258 g/mol. The molecule has 0 aliphatic rings. The van der Waals surface area contributed by atoms with Crippen molar-refractivity contribution < 1.29 is 4.99 Å². The van der Waals surface area contributed by atoms with Gasteiger partial charge in [-0.1, -0.05) is 56.7 Å². The summed E-state index contributed by atoms with van der Waals surface area (Å²) in [6.07, 6.45) is 1.25. The zero-order chi connectivity index (χ0) is 15.5. The van der Waals surface area contributed by atoms with E-state index in [0.29, 0.717) is 5.84 Å². The number of hydrogen-bond acceptors (Lipinski definition) is 1. The summed E-state index contributed by atoms with van der Waals surface area (Å²) in [6.45, 7) is 6.06. The molecule has 0 fully saturated rings. The lowest BCUT2D eigenvalue weighted by molar-refractivity contribution is -0.316. The number of nitrogens with one attached hydrogen (secondary N) is 1. The van der Waals surface area contributed by atoms with Crippen molar-refractivity contribution in [3.63, 3.8) is 0 Å². The summed E-state index contributed by atoms with van der Waals surface area (Å²) < 4.78 is 0. The number of hydrogen-bond donors (Lipinski definition) is 2. The Morgan fingerprint density at radius 3 is 1.90 bits per heavy atom. The van der Waals surface area contributed by atoms with Crippen LogP contribution in [-0.2, 0) is 0 Å². The topological polar surface area (TPSA) is 52.4 Å². The van der Waals surface area contributed by atoms with Crippen LogP contribution in [0.25, 0.3) is 0 Å². The van der Waals surface area contributed by atoms with Gasteiger partial charge in [-0.15, -0.1) is 4.99 Å². The summed E-state index contributed by atoms with van der Waals surface area (Å²) in [7, 11) is 0. The van der Waals surface area contributed by atoms with Crippen LogP contribution < -0.4 is 10.7 Å². The predicted octanol–water partition coefficient (Wildman–Crippen LogP) is 2.64. The van der Waals surface area contributed by atoms with Gasteiger partial charge in [0.05, 0.1) is 5.56 Å². The quantitative estimate of drug-likeness (QED) is 0.645. The average molecular weight is 282 g/mol. The average Bonchev–Trinajstić information content (AvgIpc) is 2.49. The zero-order valence-corrected chi connectivity index (χ0v) is 13.0. The smallest absolute Gasteiger partial charge is 0.268 e. The summed E-state index contributed by atoms with van der Waals surface area (Å²) >= 11 is 0. The lowest BCUT2D eigenvalue weighted by atomic mass is 10.2. The number of amidine groups is 2. The van der Waals surface area contributed by atoms with Crippen LogP contribution in [-0.4, -0.2) is 11.7 Å². The second kappa shape index (κ2) is 9.48. The van der Waals surface area contributed by atoms with Crippen LogP contribution in [0.4, 0.5) is 5.69 Å². The summed E-state index contributed by atoms with van der Waals surface area (Å²) in [5, 5.41) is 0. The molecule has 2 aromatic carbocycles. The molecule has 0 bridgehead atoms. The van der Waals surface area contributed by atoms with Crippen LogP contribution in [0, 0.1) is 0 Å². The van der Waals surface area contributed by atoms with Crippen molar-refractivity contribution in [3.05, 3.63) is 66.2 Å². The van der Waals surface area contributed by atoms with Crippen molar-refractivity contribution in [2.75, 3.05) is 0 Å². The van der Waals surface area contributed by atoms with E-state index < -0.39 is 0 Å². The van der Waals surface area contributed by atoms with Gasteiger partial charge in [-0.05, 0) is 24.3 Å². The van der Waals surface area contributed by atoms with E-state index in [1.807, 2.05) is 67.6 Å². The van der Waals surface area contributed by atoms with Gasteiger partial charge >= 0.3 is 0 Å². The number of para-hydroxylation sites is 1. The van der Waals surface area contributed by atoms with Gasteiger partial charge in [-0.2, -0.15) is 0 Å². The van der Waals surface area contributed by atoms with E-state index in [2.05, 4.69) is 23.8 Å². The van der Waals surface area contributed by atoms with Crippen molar-refractivity contribution in [2.24, 2.45) is 10.7 Å². The lowest BCUT2D eigenvalue weighted by Crippen LogP contribution is -2.79. The van der Waals surface area contributed by atoms with E-state index >= 15 is 0 Å². The van der Waals surface area contributed by atoms with E-state index in [1.165, 1.54) is 6.42 Å². The van der Waals surface area contributed by atoms with E-state index in [0.717, 1.165) is 17.1 Å². The minimum Gasteiger partial charge on any atom is -0.323 e. The van der Waals surface area contributed by atoms with Crippen LogP contribution >= 0.6 is 0 Å². The fourth-order valence-corrected chi connectivity index (χ4v) is 1.58. The number of aliphatic imine (C=N–C) groups is 1. The number of benzene rings is 2. The van der Waals surface area contributed by atoms with Crippen LogP contribution in [0.15, 0.2) is 65.7 Å². The molecule has 0 radical (unpaired) electrons. The molecule has 0 saturated carbocycles. The first-order valence-corrected chi connectivity index (χ1v) is 7.22. The molecule has 2 rings (SSSR count). The van der Waals surface area contributed by atoms with Gasteiger partial charge in [0.2, 0.25) is 0 Å². The maximum Gasteiger partial charge on any atom is 0.268 e. The Balaban J connectivity index is 0.000000677. The summed E-state index contributed by atoms with van der Waals surface area (Å²) in [6, 6.07) is 19.7. The number of nitrogens with zero attached hydrogens (tertiary/aromatic N) is 1. The standard InChI is InChI=1S/C15H15N3.C3H8/c1-12(16)17-15(13-8-4-2-5-9-13)18-14-10-6-3-7-11-14;1-3-2/h2-11H,1H3,(H2,16,17,18);3H2,1-2H3/p+1. The van der Waals surface area contributed by atoms with Gasteiger partial charge < -0.3 is 5.73 Å². The first kappa shape index (κ1) is 16.6. The van der Waals surface area contributed by atoms with Crippen LogP contribution in [0.2, 0.25) is 0 Å². The lowest BCUT2D eigenvalue weighted by Gasteiger charge is -1.97. The Morgan fingerprint density at radius 1 is 0.952 bits per heavy atom. The summed E-state index contributed by atoms with van der Waals surface area (Å²) in [5.41, 5.74) is 7.61. The van der Waals surface area contributed by atoms with E-state index in [-0.39, 0.29) is 0 Å². The Labute approximate surface area is 127 Å². The molecule has 0 heterocycles. The molecular formula is C18H24N3+. The second-order valence-electron chi connectivity index (χ2n) is 4.68. The van der Waals surface area contributed by atoms with E-state index in [9.17, 15) is 0 Å². The maximum atomic E-state index is 5.71. The molecule has 0 aromatic heterocycles. The Kier molecular flexibility index (Phi) is 7.51. The summed E-state index contributed by atoms with van der Waals surface area (Å²) in [5.74, 6) is 1.37.